The SMILES string of the molecule is Cc1cccc(OCC(O)Cn2c(CO)nc3ccccc32)c1. The smallest absolute Gasteiger partial charge is 0.135 e. The van der Waals surface area contributed by atoms with E-state index in [1.807, 2.05) is 60.0 Å². The molecule has 1 atom stereocenters. The van der Waals surface area contributed by atoms with Gasteiger partial charge in [-0.05, 0) is 36.8 Å². The summed E-state index contributed by atoms with van der Waals surface area (Å²) in [6.07, 6.45) is -0.696. The number of aromatic nitrogens is 2. The number of rotatable bonds is 6. The van der Waals surface area contributed by atoms with Gasteiger partial charge in [0.1, 0.15) is 30.9 Å². The van der Waals surface area contributed by atoms with Crippen LogP contribution in [0.1, 0.15) is 11.4 Å². The predicted octanol–water partition coefficient (Wildman–Crippen LogP) is 2.28. The van der Waals surface area contributed by atoms with E-state index in [1.165, 1.54) is 0 Å². The van der Waals surface area contributed by atoms with Crippen LogP contribution in [-0.2, 0) is 13.2 Å². The van der Waals surface area contributed by atoms with Crippen LogP contribution in [0.3, 0.4) is 0 Å². The zero-order valence-corrected chi connectivity index (χ0v) is 13.0. The maximum atomic E-state index is 10.3. The first kappa shape index (κ1) is 15.5. The van der Waals surface area contributed by atoms with Gasteiger partial charge in [0.25, 0.3) is 0 Å². The third-order valence-corrected chi connectivity index (χ3v) is 3.70. The van der Waals surface area contributed by atoms with Gasteiger partial charge in [-0.25, -0.2) is 4.98 Å². The van der Waals surface area contributed by atoms with E-state index >= 15 is 0 Å². The molecule has 0 fully saturated rings. The van der Waals surface area contributed by atoms with E-state index in [0.29, 0.717) is 12.4 Å². The highest BCUT2D eigenvalue weighted by atomic mass is 16.5. The Morgan fingerprint density at radius 3 is 2.78 bits per heavy atom. The highest BCUT2D eigenvalue weighted by Gasteiger charge is 2.14. The lowest BCUT2D eigenvalue weighted by atomic mass is 10.2. The van der Waals surface area contributed by atoms with Crippen molar-refractivity contribution < 1.29 is 14.9 Å². The molecule has 2 N–H and O–H groups in total. The quantitative estimate of drug-likeness (QED) is 0.733. The Morgan fingerprint density at radius 1 is 1.17 bits per heavy atom. The van der Waals surface area contributed by atoms with Gasteiger partial charge in [-0.1, -0.05) is 24.3 Å². The summed E-state index contributed by atoms with van der Waals surface area (Å²) >= 11 is 0. The molecule has 0 spiro atoms. The molecule has 0 aliphatic heterocycles. The first-order chi connectivity index (χ1) is 11.2. The molecule has 0 saturated carbocycles. The minimum atomic E-state index is -0.696. The second kappa shape index (κ2) is 6.81. The van der Waals surface area contributed by atoms with E-state index in [9.17, 15) is 10.2 Å². The van der Waals surface area contributed by atoms with Crippen LogP contribution in [-0.4, -0.2) is 32.5 Å². The maximum Gasteiger partial charge on any atom is 0.135 e. The van der Waals surface area contributed by atoms with E-state index in [-0.39, 0.29) is 13.2 Å². The molecule has 0 saturated heterocycles. The molecular formula is C18H20N2O3. The molecule has 0 aliphatic rings. The van der Waals surface area contributed by atoms with E-state index in [0.717, 1.165) is 22.3 Å². The number of fused-ring (bicyclic) bond motifs is 1. The molecular weight excluding hydrogens is 292 g/mol. The topological polar surface area (TPSA) is 67.5 Å². The van der Waals surface area contributed by atoms with Gasteiger partial charge in [-0.15, -0.1) is 0 Å². The van der Waals surface area contributed by atoms with Crippen LogP contribution in [0.4, 0.5) is 0 Å². The third kappa shape index (κ3) is 3.52. The summed E-state index contributed by atoms with van der Waals surface area (Å²) in [5.41, 5.74) is 2.81. The molecule has 2 aromatic carbocycles. The van der Waals surface area contributed by atoms with Crippen LogP contribution in [0, 0.1) is 6.92 Å². The van der Waals surface area contributed by atoms with E-state index < -0.39 is 6.10 Å². The van der Waals surface area contributed by atoms with Crippen molar-refractivity contribution >= 4 is 11.0 Å². The van der Waals surface area contributed by atoms with Crippen molar-refractivity contribution in [2.75, 3.05) is 6.61 Å². The van der Waals surface area contributed by atoms with Crippen molar-refractivity contribution in [1.82, 2.24) is 9.55 Å². The number of aliphatic hydroxyl groups excluding tert-OH is 2. The average molecular weight is 312 g/mol. The second-order valence-corrected chi connectivity index (χ2v) is 5.57. The highest BCUT2D eigenvalue weighted by molar-refractivity contribution is 5.75. The first-order valence-corrected chi connectivity index (χ1v) is 7.60. The molecule has 5 heteroatoms. The van der Waals surface area contributed by atoms with Crippen molar-refractivity contribution in [3.8, 4) is 5.75 Å². The lowest BCUT2D eigenvalue weighted by Crippen LogP contribution is -2.24. The van der Waals surface area contributed by atoms with Gasteiger partial charge in [-0.2, -0.15) is 0 Å². The van der Waals surface area contributed by atoms with Crippen LogP contribution in [0.2, 0.25) is 0 Å². The van der Waals surface area contributed by atoms with Crippen molar-refractivity contribution in [3.05, 3.63) is 59.9 Å². The van der Waals surface area contributed by atoms with Gasteiger partial charge in [0, 0.05) is 0 Å². The van der Waals surface area contributed by atoms with Gasteiger partial charge in [0.05, 0.1) is 17.6 Å². The molecule has 1 aromatic heterocycles. The number of aliphatic hydroxyl groups is 2. The Morgan fingerprint density at radius 2 is 2.00 bits per heavy atom. The minimum absolute atomic E-state index is 0.167. The molecule has 23 heavy (non-hydrogen) atoms. The molecule has 120 valence electrons. The number of ether oxygens (including phenoxy) is 1. The number of aryl methyl sites for hydroxylation is 1. The van der Waals surface area contributed by atoms with Crippen LogP contribution in [0.25, 0.3) is 11.0 Å². The summed E-state index contributed by atoms with van der Waals surface area (Å²) < 4.78 is 7.47. The van der Waals surface area contributed by atoms with E-state index in [2.05, 4.69) is 4.98 Å². The highest BCUT2D eigenvalue weighted by Crippen LogP contribution is 2.17. The molecule has 0 radical (unpaired) electrons. The van der Waals surface area contributed by atoms with E-state index in [1.54, 1.807) is 0 Å². The monoisotopic (exact) mass is 312 g/mol. The Hall–Kier alpha value is -2.37. The van der Waals surface area contributed by atoms with Crippen LogP contribution < -0.4 is 4.74 Å². The number of hydrogen-bond acceptors (Lipinski definition) is 4. The lowest BCUT2D eigenvalue weighted by Gasteiger charge is -2.15. The fourth-order valence-electron chi connectivity index (χ4n) is 2.61. The number of para-hydroxylation sites is 2. The summed E-state index contributed by atoms with van der Waals surface area (Å²) in [5.74, 6) is 1.28. The minimum Gasteiger partial charge on any atom is -0.491 e. The van der Waals surface area contributed by atoms with Crippen molar-refractivity contribution in [2.24, 2.45) is 0 Å². The van der Waals surface area contributed by atoms with Crippen molar-refractivity contribution in [1.29, 1.82) is 0 Å². The van der Waals surface area contributed by atoms with Gasteiger partial charge >= 0.3 is 0 Å². The summed E-state index contributed by atoms with van der Waals surface area (Å²) in [6, 6.07) is 15.3. The molecule has 1 unspecified atom stereocenters. The third-order valence-electron chi connectivity index (χ3n) is 3.70. The molecule has 3 rings (SSSR count). The fourth-order valence-corrected chi connectivity index (χ4v) is 2.61. The van der Waals surface area contributed by atoms with E-state index in [4.69, 9.17) is 4.74 Å². The van der Waals surface area contributed by atoms with Crippen molar-refractivity contribution in [2.45, 2.75) is 26.2 Å². The average Bonchev–Trinajstić information content (AvgIpc) is 2.91. The maximum absolute atomic E-state index is 10.3. The Bertz CT molecular complexity index is 798. The molecule has 3 aromatic rings. The van der Waals surface area contributed by atoms with Gasteiger partial charge in [0.15, 0.2) is 0 Å². The summed E-state index contributed by atoms with van der Waals surface area (Å²) in [6.45, 7) is 2.33. The Balaban J connectivity index is 1.71. The molecule has 1 heterocycles. The van der Waals surface area contributed by atoms with Crippen LogP contribution >= 0.6 is 0 Å². The number of hydrogen-bond donors (Lipinski definition) is 2. The largest absolute Gasteiger partial charge is 0.491 e. The van der Waals surface area contributed by atoms with Crippen LogP contribution in [0.15, 0.2) is 48.5 Å². The van der Waals surface area contributed by atoms with Gasteiger partial charge in [0.2, 0.25) is 0 Å². The Kier molecular flexibility index (Phi) is 4.60. The number of benzene rings is 2. The molecule has 0 aliphatic carbocycles. The van der Waals surface area contributed by atoms with Crippen molar-refractivity contribution in [3.63, 3.8) is 0 Å². The van der Waals surface area contributed by atoms with Gasteiger partial charge < -0.3 is 19.5 Å². The lowest BCUT2D eigenvalue weighted by molar-refractivity contribution is 0.0914. The van der Waals surface area contributed by atoms with Gasteiger partial charge in [-0.3, -0.25) is 0 Å². The molecule has 0 bridgehead atoms. The second-order valence-electron chi connectivity index (χ2n) is 5.57. The standard InChI is InChI=1S/C18H20N2O3/c1-13-5-4-6-15(9-13)23-12-14(22)10-20-17-8-3-2-7-16(17)19-18(20)11-21/h2-9,14,21-22H,10-12H2,1H3. The Labute approximate surface area is 134 Å². The zero-order valence-electron chi connectivity index (χ0n) is 13.0. The molecule has 5 nitrogen and oxygen atoms in total. The predicted molar refractivity (Wildman–Crippen MR) is 88.3 cm³/mol. The summed E-state index contributed by atoms with van der Waals surface area (Å²) in [7, 11) is 0. The summed E-state index contributed by atoms with van der Waals surface area (Å²) in [4.78, 5) is 4.38. The fraction of sp³-hybridized carbons (Fsp3) is 0.278. The summed E-state index contributed by atoms with van der Waals surface area (Å²) in [5, 5.41) is 19.8. The first-order valence-electron chi connectivity index (χ1n) is 7.60. The number of nitrogens with zero attached hydrogens (tertiary/aromatic N) is 2. The number of imidazole rings is 1. The van der Waals surface area contributed by atoms with Crippen LogP contribution in [0.5, 0.6) is 5.75 Å². The molecule has 0 amide bonds. The normalized spacial score (nSPS) is 12.5. The zero-order chi connectivity index (χ0) is 16.2.